The molecule has 0 radical (unpaired) electrons. The van der Waals surface area contributed by atoms with E-state index in [4.69, 9.17) is 40.5 Å². The second-order valence-electron chi connectivity index (χ2n) is 5.71. The van der Waals surface area contributed by atoms with Crippen LogP contribution >= 0.6 is 46.6 Å². The molecule has 3 atom stereocenters. The third kappa shape index (κ3) is 3.30. The molecule has 2 aliphatic heterocycles. The van der Waals surface area contributed by atoms with Crippen molar-refractivity contribution in [2.24, 2.45) is 5.73 Å². The van der Waals surface area contributed by atoms with E-state index in [0.717, 1.165) is 4.90 Å². The van der Waals surface area contributed by atoms with E-state index >= 15 is 0 Å². The van der Waals surface area contributed by atoms with Gasteiger partial charge in [-0.15, -0.1) is 11.8 Å². The van der Waals surface area contributed by atoms with Crippen LogP contribution in [0, 0.1) is 0 Å². The number of hydrogen-bond acceptors (Lipinski definition) is 6. The normalized spacial score (nSPS) is 32.1. The average molecular weight is 407 g/mol. The molecular weight excluding hydrogens is 393 g/mol. The van der Waals surface area contributed by atoms with Crippen molar-refractivity contribution in [2.45, 2.75) is 39.5 Å². The van der Waals surface area contributed by atoms with Crippen LogP contribution in [0.25, 0.3) is 0 Å². The fourth-order valence-corrected chi connectivity index (χ4v) is 4.31. The van der Waals surface area contributed by atoms with Gasteiger partial charge < -0.3 is 14.7 Å². The second-order valence-corrected chi connectivity index (χ2v) is 9.96. The summed E-state index contributed by atoms with van der Waals surface area (Å²) in [5.74, 6) is -1.85. The number of rotatable bonds is 3. The first kappa shape index (κ1) is 18.7. The molecule has 0 unspecified atom stereocenters. The minimum absolute atomic E-state index is 0.529. The van der Waals surface area contributed by atoms with Gasteiger partial charge >= 0.3 is 12.1 Å². The van der Waals surface area contributed by atoms with Gasteiger partial charge in [0.1, 0.15) is 18.0 Å². The number of fused-ring (bicyclic) bond motifs is 1. The minimum Gasteiger partial charge on any atom is -0.480 e. The molecule has 0 aromatic heterocycles. The summed E-state index contributed by atoms with van der Waals surface area (Å²) in [6.07, 6.45) is -1.04. The highest BCUT2D eigenvalue weighted by Gasteiger charge is 2.71. The summed E-state index contributed by atoms with van der Waals surface area (Å²) < 4.78 is 2.11. The van der Waals surface area contributed by atoms with E-state index in [1.807, 2.05) is 0 Å². The molecule has 2 heterocycles. The monoisotopic (exact) mass is 405 g/mol. The van der Waals surface area contributed by atoms with Crippen molar-refractivity contribution in [1.29, 1.82) is 0 Å². The number of thioether (sulfide) groups is 1. The summed E-state index contributed by atoms with van der Waals surface area (Å²) in [4.78, 5) is 36.5. The summed E-state index contributed by atoms with van der Waals surface area (Å²) in [7, 11) is 0. The first-order valence-corrected chi connectivity index (χ1v) is 8.35. The highest BCUT2D eigenvalue weighted by atomic mass is 35.6. The number of ether oxygens (including phenoxy) is 1. The van der Waals surface area contributed by atoms with Gasteiger partial charge in [0.05, 0.1) is 0 Å². The van der Waals surface area contributed by atoms with Gasteiger partial charge in [-0.1, -0.05) is 34.8 Å². The van der Waals surface area contributed by atoms with Gasteiger partial charge in [-0.05, 0) is 13.8 Å². The molecule has 23 heavy (non-hydrogen) atoms. The van der Waals surface area contributed by atoms with E-state index < -0.39 is 50.2 Å². The predicted molar refractivity (Wildman–Crippen MR) is 85.4 cm³/mol. The number of alkyl halides is 3. The summed E-state index contributed by atoms with van der Waals surface area (Å²) in [6, 6.07) is -1.04. The molecule has 8 nitrogen and oxygen atoms in total. The molecule has 0 spiro atoms. The zero-order valence-electron chi connectivity index (χ0n) is 12.0. The zero-order chi connectivity index (χ0) is 17.8. The molecule has 0 aliphatic carbocycles. The van der Waals surface area contributed by atoms with Crippen molar-refractivity contribution < 1.29 is 24.2 Å². The molecule has 2 amide bonds. The van der Waals surface area contributed by atoms with Crippen LogP contribution in [0.2, 0.25) is 0 Å². The maximum atomic E-state index is 12.3. The largest absolute Gasteiger partial charge is 0.480 e. The number of alkyl carbamates (subject to hydrolysis) is 1. The van der Waals surface area contributed by atoms with Gasteiger partial charge in [-0.3, -0.25) is 15.8 Å². The fraction of sp³-hybridized carbons (Fsp3) is 0.727. The Kier molecular flexibility index (Phi) is 4.67. The number of hydrogen-bond donors (Lipinski definition) is 3. The van der Waals surface area contributed by atoms with Gasteiger partial charge in [-0.25, -0.2) is 9.59 Å². The molecular formula is C11H14Cl3N3O5S. The van der Waals surface area contributed by atoms with Crippen LogP contribution in [0.3, 0.4) is 0 Å². The van der Waals surface area contributed by atoms with Crippen molar-refractivity contribution in [2.75, 3.05) is 6.61 Å². The zero-order valence-corrected chi connectivity index (χ0v) is 15.1. The van der Waals surface area contributed by atoms with Crippen LogP contribution in [0.1, 0.15) is 13.8 Å². The van der Waals surface area contributed by atoms with Crippen LogP contribution < -0.4 is 11.1 Å². The molecule has 0 bridgehead atoms. The highest BCUT2D eigenvalue weighted by molar-refractivity contribution is 8.01. The third-order valence-corrected chi connectivity index (χ3v) is 5.47. The van der Waals surface area contributed by atoms with Crippen molar-refractivity contribution >= 4 is 64.5 Å². The number of carbonyl (C=O) groups excluding carboxylic acids is 2. The Bertz CT molecular complexity index is 570. The number of nitrogens with zero attached hydrogens (tertiary/aromatic N) is 1. The Morgan fingerprint density at radius 3 is 2.52 bits per heavy atom. The fourth-order valence-electron chi connectivity index (χ4n) is 2.55. The summed E-state index contributed by atoms with van der Waals surface area (Å²) in [5, 5.41) is 10.8. The first-order chi connectivity index (χ1) is 10.3. The van der Waals surface area contributed by atoms with Crippen molar-refractivity contribution in [1.82, 2.24) is 10.2 Å². The molecule has 2 rings (SSSR count). The van der Waals surface area contributed by atoms with E-state index in [2.05, 4.69) is 10.1 Å². The maximum absolute atomic E-state index is 12.3. The molecule has 0 saturated carbocycles. The number of carboxylic acids is 1. The van der Waals surface area contributed by atoms with Crippen molar-refractivity contribution in [3.05, 3.63) is 0 Å². The van der Waals surface area contributed by atoms with Crippen LogP contribution in [-0.2, 0) is 14.3 Å². The minimum atomic E-state index is -1.80. The Balaban J connectivity index is 2.09. The smallest absolute Gasteiger partial charge is 0.409 e. The molecule has 2 saturated heterocycles. The number of amides is 2. The second kappa shape index (κ2) is 5.73. The van der Waals surface area contributed by atoms with Gasteiger partial charge in [0.2, 0.25) is 9.46 Å². The predicted octanol–water partition coefficient (Wildman–Crippen LogP) is 0.885. The molecule has 2 aliphatic rings. The third-order valence-electron chi connectivity index (χ3n) is 3.49. The van der Waals surface area contributed by atoms with Crippen LogP contribution in [0.15, 0.2) is 0 Å². The van der Waals surface area contributed by atoms with Gasteiger partial charge in [0.15, 0.2) is 0 Å². The van der Waals surface area contributed by atoms with E-state index in [1.165, 1.54) is 11.8 Å². The Labute approximate surface area is 150 Å². The number of nitrogens with one attached hydrogen (secondary N) is 1. The number of nitrogens with two attached hydrogens (primary N) is 1. The molecule has 2 fully saturated rings. The van der Waals surface area contributed by atoms with Gasteiger partial charge in [0.25, 0.3) is 5.91 Å². The van der Waals surface area contributed by atoms with Gasteiger partial charge in [0, 0.05) is 4.75 Å². The number of β-lactam (4-membered cyclic amide) rings is 1. The highest BCUT2D eigenvalue weighted by Crippen LogP contribution is 2.53. The lowest BCUT2D eigenvalue weighted by Crippen LogP contribution is -2.83. The SMILES string of the molecule is CC1(C)S[C@H]2N(C(=O)[C@@]2(N)NC(=O)OCC(Cl)(Cl)Cl)[C@H]1C(=O)O. The number of carboxylic acid groups (broad SMARTS) is 1. The molecule has 0 aromatic carbocycles. The number of halogens is 3. The number of aliphatic carboxylic acids is 1. The van der Waals surface area contributed by atoms with Crippen LogP contribution in [-0.4, -0.2) is 60.2 Å². The molecule has 4 N–H and O–H groups in total. The van der Waals surface area contributed by atoms with Crippen LogP contribution in [0.5, 0.6) is 0 Å². The van der Waals surface area contributed by atoms with E-state index in [0.29, 0.717) is 0 Å². The summed E-state index contributed by atoms with van der Waals surface area (Å²) in [5.41, 5.74) is 4.17. The average Bonchev–Trinajstić information content (AvgIpc) is 2.65. The number of carbonyl (C=O) groups is 3. The molecule has 0 aromatic rings. The summed E-state index contributed by atoms with van der Waals surface area (Å²) >= 11 is 17.5. The lowest BCUT2D eigenvalue weighted by molar-refractivity contribution is -0.167. The summed E-state index contributed by atoms with van der Waals surface area (Å²) in [6.45, 7) is 2.84. The Morgan fingerprint density at radius 1 is 1.48 bits per heavy atom. The topological polar surface area (TPSA) is 122 Å². The maximum Gasteiger partial charge on any atom is 0.409 e. The van der Waals surface area contributed by atoms with Gasteiger partial charge in [-0.2, -0.15) is 0 Å². The standard InChI is InChI=1S/C11H14Cl3N3O5S/c1-9(2)4(5(18)19)17-6(20)11(15,7(17)23-9)16-8(21)22-3-10(12,13)14/h4,7H,3,15H2,1-2H3,(H,16,21)(H,18,19)/t4-,7+,11+/m0/s1. The quantitative estimate of drug-likeness (QED) is 0.361. The van der Waals surface area contributed by atoms with Crippen molar-refractivity contribution in [3.8, 4) is 0 Å². The van der Waals surface area contributed by atoms with E-state index in [9.17, 15) is 19.5 Å². The van der Waals surface area contributed by atoms with Crippen LogP contribution in [0.4, 0.5) is 4.79 Å². The Hall–Kier alpha value is -0.610. The molecule has 12 heteroatoms. The van der Waals surface area contributed by atoms with Crippen molar-refractivity contribution in [3.63, 3.8) is 0 Å². The molecule has 130 valence electrons. The lowest BCUT2D eigenvalue weighted by Gasteiger charge is -2.50. The van der Waals surface area contributed by atoms with E-state index in [1.54, 1.807) is 13.8 Å². The lowest BCUT2D eigenvalue weighted by atomic mass is 9.92. The van der Waals surface area contributed by atoms with E-state index in [-0.39, 0.29) is 0 Å². The first-order valence-electron chi connectivity index (χ1n) is 6.33. The Morgan fingerprint density at radius 2 is 2.04 bits per heavy atom.